The molecule has 0 spiro atoms. The highest BCUT2D eigenvalue weighted by atomic mass is 79.9. The standard InChI is InChI=1S/C19H19BrClN3O2/c1-4-19(2,3)26-18(25)24-13(11-20)10-14-15(21)22-16(23-17(14)24)12-8-6-5-7-9-12/h5-10H,4,11H2,1-3H3. The molecule has 1 aromatic carbocycles. The zero-order valence-corrected chi connectivity index (χ0v) is 17.1. The molecule has 3 rings (SSSR count). The molecule has 2 aromatic heterocycles. The van der Waals surface area contributed by atoms with Gasteiger partial charge in [-0.25, -0.2) is 19.3 Å². The summed E-state index contributed by atoms with van der Waals surface area (Å²) in [5.41, 5.74) is 1.40. The maximum absolute atomic E-state index is 12.8. The minimum atomic E-state index is -0.573. The van der Waals surface area contributed by atoms with E-state index in [1.54, 1.807) is 6.07 Å². The number of carbonyl (C=O) groups is 1. The highest BCUT2D eigenvalue weighted by molar-refractivity contribution is 9.08. The van der Waals surface area contributed by atoms with E-state index in [2.05, 4.69) is 25.9 Å². The number of rotatable bonds is 4. The predicted octanol–water partition coefficient (Wildman–Crippen LogP) is 5.82. The van der Waals surface area contributed by atoms with Crippen LogP contribution in [-0.4, -0.2) is 26.2 Å². The van der Waals surface area contributed by atoms with Crippen molar-refractivity contribution in [2.75, 3.05) is 0 Å². The Morgan fingerprint density at radius 1 is 1.27 bits per heavy atom. The van der Waals surface area contributed by atoms with Gasteiger partial charge in [0.25, 0.3) is 0 Å². The second kappa shape index (κ2) is 7.37. The molecule has 2 heterocycles. The van der Waals surface area contributed by atoms with Gasteiger partial charge in [-0.15, -0.1) is 0 Å². The number of ether oxygens (including phenoxy) is 1. The number of hydrogen-bond donors (Lipinski definition) is 0. The summed E-state index contributed by atoms with van der Waals surface area (Å²) in [6, 6.07) is 11.3. The molecule has 0 bridgehead atoms. The Hall–Kier alpha value is -1.92. The van der Waals surface area contributed by atoms with Gasteiger partial charge in [0, 0.05) is 16.6 Å². The van der Waals surface area contributed by atoms with Gasteiger partial charge < -0.3 is 4.74 Å². The molecule has 0 aliphatic rings. The van der Waals surface area contributed by atoms with Crippen LogP contribution < -0.4 is 0 Å². The lowest BCUT2D eigenvalue weighted by molar-refractivity contribution is 0.0375. The van der Waals surface area contributed by atoms with Crippen molar-refractivity contribution >= 4 is 44.7 Å². The van der Waals surface area contributed by atoms with E-state index in [0.29, 0.717) is 39.5 Å². The average Bonchev–Trinajstić information content (AvgIpc) is 3.01. The minimum absolute atomic E-state index is 0.303. The molecule has 26 heavy (non-hydrogen) atoms. The van der Waals surface area contributed by atoms with Gasteiger partial charge in [0.1, 0.15) is 10.8 Å². The number of benzene rings is 1. The van der Waals surface area contributed by atoms with Gasteiger partial charge in [-0.1, -0.05) is 64.8 Å². The minimum Gasteiger partial charge on any atom is -0.443 e. The zero-order chi connectivity index (χ0) is 18.9. The Balaban J connectivity index is 2.18. The van der Waals surface area contributed by atoms with E-state index in [1.807, 2.05) is 51.1 Å². The van der Waals surface area contributed by atoms with Crippen molar-refractivity contribution in [1.29, 1.82) is 0 Å². The Labute approximate surface area is 165 Å². The Kier molecular flexibility index (Phi) is 5.34. The van der Waals surface area contributed by atoms with Crippen molar-refractivity contribution in [2.24, 2.45) is 0 Å². The Bertz CT molecular complexity index is 954. The van der Waals surface area contributed by atoms with Crippen molar-refractivity contribution in [2.45, 2.75) is 38.1 Å². The number of aromatic nitrogens is 3. The smallest absolute Gasteiger partial charge is 0.420 e. The highest BCUT2D eigenvalue weighted by Crippen LogP contribution is 2.29. The first kappa shape index (κ1) is 18.9. The molecule has 5 nitrogen and oxygen atoms in total. The summed E-state index contributed by atoms with van der Waals surface area (Å²) in [5.74, 6) is 0.464. The summed E-state index contributed by atoms with van der Waals surface area (Å²) in [5, 5.41) is 1.38. The number of halogens is 2. The molecule has 0 radical (unpaired) electrons. The number of alkyl halides is 1. The first-order chi connectivity index (χ1) is 12.4. The van der Waals surface area contributed by atoms with Gasteiger partial charge in [-0.3, -0.25) is 0 Å². The van der Waals surface area contributed by atoms with Crippen molar-refractivity contribution in [3.05, 3.63) is 47.2 Å². The van der Waals surface area contributed by atoms with Crippen LogP contribution in [0.15, 0.2) is 36.4 Å². The number of fused-ring (bicyclic) bond motifs is 1. The summed E-state index contributed by atoms with van der Waals surface area (Å²) >= 11 is 9.81. The Morgan fingerprint density at radius 3 is 2.58 bits per heavy atom. The first-order valence-electron chi connectivity index (χ1n) is 8.29. The zero-order valence-electron chi connectivity index (χ0n) is 14.8. The molecule has 136 valence electrons. The molecule has 0 atom stereocenters. The normalized spacial score (nSPS) is 11.7. The van der Waals surface area contributed by atoms with Gasteiger partial charge >= 0.3 is 6.09 Å². The second-order valence-electron chi connectivity index (χ2n) is 6.53. The van der Waals surface area contributed by atoms with E-state index in [1.165, 1.54) is 4.57 Å². The number of nitrogens with zero attached hydrogens (tertiary/aromatic N) is 3. The quantitative estimate of drug-likeness (QED) is 0.382. The third kappa shape index (κ3) is 3.62. The Morgan fingerprint density at radius 2 is 1.96 bits per heavy atom. The fourth-order valence-corrected chi connectivity index (χ4v) is 3.10. The molecule has 0 saturated carbocycles. The molecule has 0 aliphatic carbocycles. The molecule has 7 heteroatoms. The molecule has 0 fully saturated rings. The van der Waals surface area contributed by atoms with E-state index in [-0.39, 0.29) is 0 Å². The summed E-state index contributed by atoms with van der Waals surface area (Å²) in [6.45, 7) is 5.72. The van der Waals surface area contributed by atoms with Crippen molar-refractivity contribution < 1.29 is 9.53 Å². The monoisotopic (exact) mass is 435 g/mol. The van der Waals surface area contributed by atoms with E-state index in [4.69, 9.17) is 16.3 Å². The second-order valence-corrected chi connectivity index (χ2v) is 7.45. The van der Waals surface area contributed by atoms with Crippen molar-refractivity contribution in [1.82, 2.24) is 14.5 Å². The van der Waals surface area contributed by atoms with Gasteiger partial charge in [-0.05, 0) is 26.3 Å². The lowest BCUT2D eigenvalue weighted by Gasteiger charge is -2.23. The molecule has 0 aliphatic heterocycles. The first-order valence-corrected chi connectivity index (χ1v) is 9.79. The van der Waals surface area contributed by atoms with Crippen LogP contribution in [0, 0.1) is 0 Å². The van der Waals surface area contributed by atoms with Crippen molar-refractivity contribution in [3.8, 4) is 11.4 Å². The van der Waals surface area contributed by atoms with Gasteiger partial charge in [0.2, 0.25) is 0 Å². The van der Waals surface area contributed by atoms with Crippen LogP contribution >= 0.6 is 27.5 Å². The van der Waals surface area contributed by atoms with Gasteiger partial charge in [0.15, 0.2) is 11.5 Å². The van der Waals surface area contributed by atoms with E-state index < -0.39 is 11.7 Å². The molecule has 0 N–H and O–H groups in total. The third-order valence-electron chi connectivity index (χ3n) is 4.26. The van der Waals surface area contributed by atoms with E-state index in [9.17, 15) is 4.79 Å². The molecule has 0 saturated heterocycles. The van der Waals surface area contributed by atoms with Crippen LogP contribution in [0.4, 0.5) is 4.79 Å². The summed E-state index contributed by atoms with van der Waals surface area (Å²) < 4.78 is 7.13. The average molecular weight is 437 g/mol. The summed E-state index contributed by atoms with van der Waals surface area (Å²) in [6.07, 6.45) is 0.224. The molecule has 3 aromatic rings. The van der Waals surface area contributed by atoms with Gasteiger partial charge in [-0.2, -0.15) is 0 Å². The third-order valence-corrected chi connectivity index (χ3v) is 5.12. The van der Waals surface area contributed by atoms with Crippen molar-refractivity contribution in [3.63, 3.8) is 0 Å². The fraction of sp³-hybridized carbons (Fsp3) is 0.316. The van der Waals surface area contributed by atoms with E-state index in [0.717, 1.165) is 5.56 Å². The fourth-order valence-electron chi connectivity index (χ4n) is 2.47. The maximum Gasteiger partial charge on any atom is 0.420 e. The lowest BCUT2D eigenvalue weighted by atomic mass is 10.1. The van der Waals surface area contributed by atoms with Gasteiger partial charge in [0.05, 0.1) is 5.39 Å². The van der Waals surface area contributed by atoms with E-state index >= 15 is 0 Å². The molecular weight excluding hydrogens is 418 g/mol. The number of carbonyl (C=O) groups excluding carboxylic acids is 1. The molecule has 0 amide bonds. The summed E-state index contributed by atoms with van der Waals surface area (Å²) in [7, 11) is 0. The van der Waals surface area contributed by atoms with Crippen LogP contribution in [0.3, 0.4) is 0 Å². The lowest BCUT2D eigenvalue weighted by Crippen LogP contribution is -2.30. The SMILES string of the molecule is CCC(C)(C)OC(=O)n1c(CBr)cc2c(Cl)nc(-c3ccccc3)nc21. The van der Waals surface area contributed by atoms with Crippen LogP contribution in [0.5, 0.6) is 0 Å². The largest absolute Gasteiger partial charge is 0.443 e. The maximum atomic E-state index is 12.8. The summed E-state index contributed by atoms with van der Waals surface area (Å²) in [4.78, 5) is 21.8. The molecular formula is C19H19BrClN3O2. The van der Waals surface area contributed by atoms with Crippen LogP contribution in [0.2, 0.25) is 5.15 Å². The molecule has 0 unspecified atom stereocenters. The van der Waals surface area contributed by atoms with Crippen LogP contribution in [0.25, 0.3) is 22.4 Å². The van der Waals surface area contributed by atoms with Crippen LogP contribution in [0.1, 0.15) is 32.9 Å². The number of hydrogen-bond acceptors (Lipinski definition) is 4. The van der Waals surface area contributed by atoms with Crippen LogP contribution in [-0.2, 0) is 10.1 Å². The topological polar surface area (TPSA) is 57.0 Å². The predicted molar refractivity (Wildman–Crippen MR) is 107 cm³/mol. The highest BCUT2D eigenvalue weighted by Gasteiger charge is 2.26.